The highest BCUT2D eigenvalue weighted by molar-refractivity contribution is 7.84. The summed E-state index contributed by atoms with van der Waals surface area (Å²) in [5.41, 5.74) is 3.47. The van der Waals surface area contributed by atoms with Gasteiger partial charge in [0, 0.05) is 24.8 Å². The molecule has 5 N–H and O–H groups in total. The second-order valence-corrected chi connectivity index (χ2v) is 9.88. The van der Waals surface area contributed by atoms with Crippen LogP contribution in [-0.4, -0.2) is 52.5 Å². The number of aromatic nitrogens is 3. The van der Waals surface area contributed by atoms with Crippen molar-refractivity contribution < 1.29 is 22.8 Å². The lowest BCUT2D eigenvalue weighted by atomic mass is 10.1. The molecule has 1 aromatic carbocycles. The van der Waals surface area contributed by atoms with Gasteiger partial charge in [0.2, 0.25) is 0 Å². The predicted molar refractivity (Wildman–Crippen MR) is 135 cm³/mol. The Bertz CT molecular complexity index is 1240. The molecule has 5 rings (SSSR count). The van der Waals surface area contributed by atoms with Gasteiger partial charge in [-0.1, -0.05) is 24.3 Å². The second kappa shape index (κ2) is 11.6. The van der Waals surface area contributed by atoms with E-state index < -0.39 is 16.4 Å². The summed E-state index contributed by atoms with van der Waals surface area (Å²) < 4.78 is 28.9. The van der Waals surface area contributed by atoms with E-state index in [1.54, 1.807) is 13.3 Å². The van der Waals surface area contributed by atoms with E-state index in [0.29, 0.717) is 12.8 Å². The minimum atomic E-state index is -4.03. The van der Waals surface area contributed by atoms with Crippen LogP contribution in [0, 0.1) is 5.92 Å². The molecule has 0 radical (unpaired) electrons. The van der Waals surface area contributed by atoms with Crippen LogP contribution in [0.1, 0.15) is 49.4 Å². The van der Waals surface area contributed by atoms with Crippen LogP contribution in [0.25, 0.3) is 11.0 Å². The smallest absolute Gasteiger partial charge is 0.333 e. The van der Waals surface area contributed by atoms with E-state index in [9.17, 15) is 13.5 Å². The summed E-state index contributed by atoms with van der Waals surface area (Å²) in [5, 5.41) is 27.4. The third-order valence-electron chi connectivity index (χ3n) is 6.43. The van der Waals surface area contributed by atoms with Crippen LogP contribution in [0.2, 0.25) is 0 Å². The van der Waals surface area contributed by atoms with Crippen molar-refractivity contribution in [2.24, 2.45) is 11.1 Å². The standard InChI is InChI=1S/C21H25N5O4S.C2H6O.ClH/c22-31(28,29)30-11-14-9-15(10-19(14)27)26-8-7-17-20(23-12-24-21(17)26)25-18-6-5-13-3-1-2-4-16(13)18;1-2-3;/h1-4,7-8,12,14-15,18-19,27H,5-6,9-11H2,(H2,22,28,29)(H,23,24,25);3H,2H2,1H3;1H/t14-,15+,18-,19-;;/m0../s1. The maximum absolute atomic E-state index is 11.1. The van der Waals surface area contributed by atoms with Gasteiger partial charge in [-0.05, 0) is 49.8 Å². The van der Waals surface area contributed by atoms with E-state index in [-0.39, 0.29) is 43.6 Å². The van der Waals surface area contributed by atoms with E-state index in [4.69, 9.17) is 14.4 Å². The van der Waals surface area contributed by atoms with E-state index in [2.05, 4.69) is 39.6 Å². The molecule has 0 aliphatic heterocycles. The Kier molecular flexibility index (Phi) is 9.08. The Balaban J connectivity index is 0.000000815. The van der Waals surface area contributed by atoms with Gasteiger partial charge in [0.15, 0.2) is 0 Å². The molecule has 2 heterocycles. The third-order valence-corrected chi connectivity index (χ3v) is 6.89. The zero-order valence-corrected chi connectivity index (χ0v) is 21.1. The van der Waals surface area contributed by atoms with Gasteiger partial charge in [0.1, 0.15) is 17.8 Å². The minimum absolute atomic E-state index is 0. The largest absolute Gasteiger partial charge is 0.397 e. The first-order valence-electron chi connectivity index (χ1n) is 11.4. The Labute approximate surface area is 211 Å². The molecule has 12 heteroatoms. The van der Waals surface area contributed by atoms with Gasteiger partial charge >= 0.3 is 10.3 Å². The number of nitrogens with one attached hydrogen (secondary N) is 1. The number of benzene rings is 1. The molecule has 1 fully saturated rings. The van der Waals surface area contributed by atoms with Crippen LogP contribution in [-0.2, 0) is 20.9 Å². The molecule has 4 atom stereocenters. The second-order valence-electron chi connectivity index (χ2n) is 8.66. The maximum atomic E-state index is 11.1. The van der Waals surface area contributed by atoms with Crippen molar-refractivity contribution in [3.63, 3.8) is 0 Å². The van der Waals surface area contributed by atoms with Gasteiger partial charge in [-0.2, -0.15) is 8.42 Å². The number of aryl methyl sites for hydroxylation is 1. The summed E-state index contributed by atoms with van der Waals surface area (Å²) in [5.74, 6) is 0.480. The van der Waals surface area contributed by atoms with Gasteiger partial charge in [0.25, 0.3) is 0 Å². The molecule has 0 saturated heterocycles. The quantitative estimate of drug-likeness (QED) is 0.383. The highest BCUT2D eigenvalue weighted by Crippen LogP contribution is 2.39. The summed E-state index contributed by atoms with van der Waals surface area (Å²) in [4.78, 5) is 8.97. The average Bonchev–Trinajstić information content (AvgIpc) is 3.50. The normalized spacial score (nSPS) is 23.3. The Hall–Kier alpha value is -2.28. The van der Waals surface area contributed by atoms with Gasteiger partial charge in [-0.25, -0.2) is 15.1 Å². The van der Waals surface area contributed by atoms with Crippen LogP contribution >= 0.6 is 12.4 Å². The van der Waals surface area contributed by atoms with Crippen LogP contribution < -0.4 is 10.5 Å². The van der Waals surface area contributed by atoms with Crippen LogP contribution in [0.15, 0.2) is 42.9 Å². The molecule has 2 aromatic heterocycles. The molecule has 0 spiro atoms. The predicted octanol–water partition coefficient (Wildman–Crippen LogP) is 2.48. The number of rotatable bonds is 6. The molecular formula is C23H32ClN5O5S. The fourth-order valence-corrected chi connectivity index (χ4v) is 5.28. The van der Waals surface area contributed by atoms with Crippen LogP contribution in [0.3, 0.4) is 0 Å². The van der Waals surface area contributed by atoms with E-state index in [1.165, 1.54) is 11.1 Å². The summed E-state index contributed by atoms with van der Waals surface area (Å²) in [7, 11) is -4.03. The maximum Gasteiger partial charge on any atom is 0.333 e. The van der Waals surface area contributed by atoms with Crippen molar-refractivity contribution >= 4 is 39.6 Å². The van der Waals surface area contributed by atoms with Gasteiger partial charge in [0.05, 0.1) is 24.1 Å². The molecule has 3 aromatic rings. The first kappa shape index (κ1) is 27.3. The number of anilines is 1. The number of hydrogen-bond donors (Lipinski definition) is 4. The molecule has 35 heavy (non-hydrogen) atoms. The topological polar surface area (TPSA) is 153 Å². The van der Waals surface area contributed by atoms with Crippen molar-refractivity contribution in [2.45, 2.75) is 50.8 Å². The fourth-order valence-electron chi connectivity index (χ4n) is 4.92. The Morgan fingerprint density at radius 1 is 1.23 bits per heavy atom. The summed E-state index contributed by atoms with van der Waals surface area (Å²) in [6.07, 6.45) is 5.96. The number of nitrogens with two attached hydrogens (primary N) is 1. The van der Waals surface area contributed by atoms with E-state index >= 15 is 0 Å². The lowest BCUT2D eigenvalue weighted by Crippen LogP contribution is -2.24. The van der Waals surface area contributed by atoms with Crippen molar-refractivity contribution in [3.8, 4) is 0 Å². The molecule has 0 amide bonds. The van der Waals surface area contributed by atoms with Crippen molar-refractivity contribution in [1.82, 2.24) is 14.5 Å². The van der Waals surface area contributed by atoms with Gasteiger partial charge < -0.3 is 20.1 Å². The molecular weight excluding hydrogens is 494 g/mol. The average molecular weight is 526 g/mol. The van der Waals surface area contributed by atoms with E-state index in [1.807, 2.05) is 16.8 Å². The lowest BCUT2D eigenvalue weighted by molar-refractivity contribution is 0.100. The number of aliphatic hydroxyl groups excluding tert-OH is 2. The van der Waals surface area contributed by atoms with Gasteiger partial charge in [-0.15, -0.1) is 12.4 Å². The summed E-state index contributed by atoms with van der Waals surface area (Å²) in [6, 6.07) is 10.6. The van der Waals surface area contributed by atoms with E-state index in [0.717, 1.165) is 29.7 Å². The Morgan fingerprint density at radius 3 is 2.71 bits per heavy atom. The Morgan fingerprint density at radius 2 is 1.97 bits per heavy atom. The highest BCUT2D eigenvalue weighted by atomic mass is 35.5. The molecule has 0 bridgehead atoms. The number of aliphatic hydroxyl groups is 2. The zero-order valence-electron chi connectivity index (χ0n) is 19.4. The molecule has 2 aliphatic carbocycles. The molecule has 2 aliphatic rings. The fraction of sp³-hybridized carbons (Fsp3) is 0.478. The number of hydrogen-bond acceptors (Lipinski definition) is 8. The van der Waals surface area contributed by atoms with Crippen LogP contribution in [0.4, 0.5) is 5.82 Å². The van der Waals surface area contributed by atoms with Crippen LogP contribution in [0.5, 0.6) is 0 Å². The third kappa shape index (κ3) is 6.29. The lowest BCUT2D eigenvalue weighted by Gasteiger charge is -2.16. The number of fused-ring (bicyclic) bond motifs is 2. The zero-order chi connectivity index (χ0) is 24.3. The monoisotopic (exact) mass is 525 g/mol. The molecule has 0 unspecified atom stereocenters. The highest BCUT2D eigenvalue weighted by Gasteiger charge is 2.35. The van der Waals surface area contributed by atoms with Crippen molar-refractivity contribution in [2.75, 3.05) is 18.5 Å². The number of nitrogens with zero attached hydrogens (tertiary/aromatic N) is 3. The first-order chi connectivity index (χ1) is 16.3. The summed E-state index contributed by atoms with van der Waals surface area (Å²) in [6.45, 7) is 1.80. The minimum Gasteiger partial charge on any atom is -0.397 e. The molecule has 10 nitrogen and oxygen atoms in total. The van der Waals surface area contributed by atoms with Crippen molar-refractivity contribution in [1.29, 1.82) is 0 Å². The SMILES string of the molecule is CCO.Cl.NS(=O)(=O)OC[C@@H]1C[C@@H](n2ccc3c(N[C@H]4CCc5ccccc54)ncnc32)C[C@@H]1O. The molecule has 1 saturated carbocycles. The van der Waals surface area contributed by atoms with Crippen molar-refractivity contribution in [3.05, 3.63) is 54.0 Å². The van der Waals surface area contributed by atoms with Gasteiger partial charge in [-0.3, -0.25) is 4.18 Å². The number of halogens is 1. The molecule has 192 valence electrons. The summed E-state index contributed by atoms with van der Waals surface area (Å²) >= 11 is 0. The first-order valence-corrected chi connectivity index (χ1v) is 12.9.